The van der Waals surface area contributed by atoms with Crippen LogP contribution < -0.4 is 10.1 Å². The van der Waals surface area contributed by atoms with Crippen LogP contribution in [0.2, 0.25) is 0 Å². The zero-order valence-electron chi connectivity index (χ0n) is 17.7. The molecule has 2 heterocycles. The number of anilines is 1. The lowest BCUT2D eigenvalue weighted by atomic mass is 9.92. The summed E-state index contributed by atoms with van der Waals surface area (Å²) < 4.78 is 30.9. The third-order valence-electron chi connectivity index (χ3n) is 5.16. The number of carbonyl (C=O) groups excluding carboxylic acids is 1. The van der Waals surface area contributed by atoms with Crippen molar-refractivity contribution in [3.05, 3.63) is 41.1 Å². The van der Waals surface area contributed by atoms with Crippen molar-refractivity contribution in [2.45, 2.75) is 52.0 Å². The van der Waals surface area contributed by atoms with Crippen molar-refractivity contribution in [3.8, 4) is 5.75 Å². The summed E-state index contributed by atoms with van der Waals surface area (Å²) in [5.74, 6) is 1.31. The van der Waals surface area contributed by atoms with Crippen molar-refractivity contribution < 1.29 is 17.9 Å². The average Bonchev–Trinajstić information content (AvgIpc) is 3.19. The standard InChI is InChI=1S/C21H29N3O4S/c1-14-6-7-15(10-17(14)28-5)11-20(25)22-19-12-18(21(2,3)4)23-24(19)16-8-9-29(26,27)13-16/h6-7,10,12,16H,8-9,11,13H2,1-5H3,(H,22,25). The largest absolute Gasteiger partial charge is 0.496 e. The normalized spacial score (nSPS) is 18.6. The summed E-state index contributed by atoms with van der Waals surface area (Å²) >= 11 is 0. The van der Waals surface area contributed by atoms with Gasteiger partial charge in [0.05, 0.1) is 36.8 Å². The second kappa shape index (κ2) is 7.82. The summed E-state index contributed by atoms with van der Waals surface area (Å²) in [6, 6.07) is 7.27. The number of rotatable bonds is 5. The molecule has 0 saturated carbocycles. The van der Waals surface area contributed by atoms with Crippen molar-refractivity contribution >= 4 is 21.6 Å². The van der Waals surface area contributed by atoms with E-state index < -0.39 is 9.84 Å². The highest BCUT2D eigenvalue weighted by Gasteiger charge is 2.32. The molecule has 158 valence electrons. The van der Waals surface area contributed by atoms with Gasteiger partial charge >= 0.3 is 0 Å². The van der Waals surface area contributed by atoms with Gasteiger partial charge in [0.25, 0.3) is 0 Å². The van der Waals surface area contributed by atoms with Gasteiger partial charge in [-0.05, 0) is 30.5 Å². The maximum atomic E-state index is 12.7. The number of ether oxygens (including phenoxy) is 1. The molecule has 0 radical (unpaired) electrons. The maximum Gasteiger partial charge on any atom is 0.229 e. The zero-order valence-corrected chi connectivity index (χ0v) is 18.5. The first-order valence-corrected chi connectivity index (χ1v) is 11.5. The number of methoxy groups -OCH3 is 1. The van der Waals surface area contributed by atoms with E-state index in [0.717, 1.165) is 22.6 Å². The van der Waals surface area contributed by atoms with Gasteiger partial charge in [0.2, 0.25) is 5.91 Å². The van der Waals surface area contributed by atoms with Crippen LogP contribution in [0.3, 0.4) is 0 Å². The lowest BCUT2D eigenvalue weighted by Crippen LogP contribution is -2.21. The first-order valence-electron chi connectivity index (χ1n) is 9.72. The van der Waals surface area contributed by atoms with E-state index in [0.29, 0.717) is 12.2 Å². The van der Waals surface area contributed by atoms with E-state index in [9.17, 15) is 13.2 Å². The predicted molar refractivity (Wildman–Crippen MR) is 113 cm³/mol. The number of sulfone groups is 1. The van der Waals surface area contributed by atoms with Gasteiger partial charge < -0.3 is 10.1 Å². The van der Waals surface area contributed by atoms with Gasteiger partial charge in [-0.2, -0.15) is 5.10 Å². The zero-order chi connectivity index (χ0) is 21.4. The molecule has 1 amide bonds. The fourth-order valence-corrected chi connectivity index (χ4v) is 5.14. The molecule has 0 aliphatic carbocycles. The smallest absolute Gasteiger partial charge is 0.229 e. The summed E-state index contributed by atoms with van der Waals surface area (Å²) in [6.45, 7) is 8.06. The summed E-state index contributed by atoms with van der Waals surface area (Å²) in [5.41, 5.74) is 2.45. The van der Waals surface area contributed by atoms with E-state index in [1.54, 1.807) is 11.8 Å². The number of benzene rings is 1. The SMILES string of the molecule is COc1cc(CC(=O)Nc2cc(C(C)(C)C)nn2C2CCS(=O)(=O)C2)ccc1C. The third-order valence-corrected chi connectivity index (χ3v) is 6.91. The van der Waals surface area contributed by atoms with Crippen LogP contribution in [0, 0.1) is 6.92 Å². The van der Waals surface area contributed by atoms with Crippen molar-refractivity contribution in [2.75, 3.05) is 23.9 Å². The monoisotopic (exact) mass is 419 g/mol. The lowest BCUT2D eigenvalue weighted by molar-refractivity contribution is -0.115. The van der Waals surface area contributed by atoms with Crippen molar-refractivity contribution in [2.24, 2.45) is 0 Å². The number of nitrogens with zero attached hydrogens (tertiary/aromatic N) is 2. The Hall–Kier alpha value is -2.35. The molecule has 1 aromatic carbocycles. The molecule has 0 bridgehead atoms. The quantitative estimate of drug-likeness (QED) is 0.804. The van der Waals surface area contributed by atoms with Crippen molar-refractivity contribution in [1.82, 2.24) is 9.78 Å². The van der Waals surface area contributed by atoms with Gasteiger partial charge in [-0.15, -0.1) is 0 Å². The molecule has 29 heavy (non-hydrogen) atoms. The molecule has 1 N–H and O–H groups in total. The number of nitrogens with one attached hydrogen (secondary N) is 1. The Morgan fingerprint density at radius 3 is 2.62 bits per heavy atom. The molecule has 1 atom stereocenters. The molecule has 1 saturated heterocycles. The number of hydrogen-bond donors (Lipinski definition) is 1. The van der Waals surface area contributed by atoms with E-state index in [4.69, 9.17) is 4.74 Å². The van der Waals surface area contributed by atoms with Crippen LogP contribution in [0.15, 0.2) is 24.3 Å². The number of amides is 1. The van der Waals surface area contributed by atoms with Crippen LogP contribution in [-0.2, 0) is 26.5 Å². The average molecular weight is 420 g/mol. The van der Waals surface area contributed by atoms with Crippen LogP contribution in [0.1, 0.15) is 50.1 Å². The Kier molecular flexibility index (Phi) is 5.76. The van der Waals surface area contributed by atoms with E-state index in [1.807, 2.05) is 52.0 Å². The highest BCUT2D eigenvalue weighted by Crippen LogP contribution is 2.31. The van der Waals surface area contributed by atoms with Crippen LogP contribution in [0.5, 0.6) is 5.75 Å². The van der Waals surface area contributed by atoms with Crippen LogP contribution in [0.25, 0.3) is 0 Å². The topological polar surface area (TPSA) is 90.3 Å². The number of carbonyl (C=O) groups is 1. The van der Waals surface area contributed by atoms with E-state index in [-0.39, 0.29) is 35.3 Å². The Balaban J connectivity index is 1.83. The molecule has 7 nitrogen and oxygen atoms in total. The lowest BCUT2D eigenvalue weighted by Gasteiger charge is -2.15. The minimum Gasteiger partial charge on any atom is -0.496 e. The highest BCUT2D eigenvalue weighted by molar-refractivity contribution is 7.91. The molecule has 0 spiro atoms. The molecule has 2 aromatic rings. The van der Waals surface area contributed by atoms with Crippen molar-refractivity contribution in [1.29, 1.82) is 0 Å². The predicted octanol–water partition coefficient (Wildman–Crippen LogP) is 3.04. The third kappa shape index (κ3) is 4.98. The van der Waals surface area contributed by atoms with Crippen LogP contribution in [-0.4, -0.2) is 42.7 Å². The molecular weight excluding hydrogens is 390 g/mol. The molecule has 1 fully saturated rings. The molecule has 3 rings (SSSR count). The van der Waals surface area contributed by atoms with Gasteiger partial charge in [-0.1, -0.05) is 32.9 Å². The minimum absolute atomic E-state index is 0.0519. The first kappa shape index (κ1) is 21.4. The van der Waals surface area contributed by atoms with Crippen molar-refractivity contribution in [3.63, 3.8) is 0 Å². The molecule has 8 heteroatoms. The van der Waals surface area contributed by atoms with E-state index in [1.165, 1.54) is 0 Å². The summed E-state index contributed by atoms with van der Waals surface area (Å²) in [5, 5.41) is 7.58. The van der Waals surface area contributed by atoms with Gasteiger partial charge in [0.15, 0.2) is 9.84 Å². The fourth-order valence-electron chi connectivity index (χ4n) is 3.45. The number of aromatic nitrogens is 2. The highest BCUT2D eigenvalue weighted by atomic mass is 32.2. The Labute approximate surface area is 172 Å². The second-order valence-electron chi connectivity index (χ2n) is 8.70. The number of aryl methyl sites for hydroxylation is 1. The molecule has 1 unspecified atom stereocenters. The van der Waals surface area contributed by atoms with Gasteiger partial charge in [0.1, 0.15) is 11.6 Å². The van der Waals surface area contributed by atoms with Gasteiger partial charge in [-0.25, -0.2) is 13.1 Å². The summed E-state index contributed by atoms with van der Waals surface area (Å²) in [4.78, 5) is 12.7. The fraction of sp³-hybridized carbons (Fsp3) is 0.524. The molecule has 1 aliphatic rings. The summed E-state index contributed by atoms with van der Waals surface area (Å²) in [7, 11) is -1.46. The molecular formula is C21H29N3O4S. The number of hydrogen-bond acceptors (Lipinski definition) is 5. The maximum absolute atomic E-state index is 12.7. The van der Waals surface area contributed by atoms with Crippen LogP contribution >= 0.6 is 0 Å². The molecule has 1 aromatic heterocycles. The van der Waals surface area contributed by atoms with Gasteiger partial charge in [-0.3, -0.25) is 4.79 Å². The van der Waals surface area contributed by atoms with Crippen LogP contribution in [0.4, 0.5) is 5.82 Å². The van der Waals surface area contributed by atoms with Gasteiger partial charge in [0, 0.05) is 11.5 Å². The Morgan fingerprint density at radius 1 is 1.31 bits per heavy atom. The minimum atomic E-state index is -3.06. The Morgan fingerprint density at radius 2 is 2.03 bits per heavy atom. The first-order chi connectivity index (χ1) is 13.5. The molecule has 1 aliphatic heterocycles. The van der Waals surface area contributed by atoms with E-state index >= 15 is 0 Å². The Bertz CT molecular complexity index is 1020. The second-order valence-corrected chi connectivity index (χ2v) is 10.9. The summed E-state index contributed by atoms with van der Waals surface area (Å²) in [6.07, 6.45) is 0.696. The van der Waals surface area contributed by atoms with E-state index in [2.05, 4.69) is 10.4 Å².